The van der Waals surface area contributed by atoms with Gasteiger partial charge < -0.3 is 15.2 Å². The van der Waals surface area contributed by atoms with Gasteiger partial charge >= 0.3 is 0 Å². The zero-order valence-electron chi connectivity index (χ0n) is 6.59. The molecule has 0 spiro atoms. The van der Waals surface area contributed by atoms with E-state index in [2.05, 4.69) is 5.32 Å². The van der Waals surface area contributed by atoms with Gasteiger partial charge in [-0.25, -0.2) is 0 Å². The Kier molecular flexibility index (Phi) is 2.21. The van der Waals surface area contributed by atoms with Crippen LogP contribution in [0.4, 0.5) is 5.69 Å². The molecule has 1 rings (SSSR count). The molecule has 0 aliphatic carbocycles. The molecule has 2 N–H and O–H groups in total. The van der Waals surface area contributed by atoms with Gasteiger partial charge in [-0.1, -0.05) is 0 Å². The van der Waals surface area contributed by atoms with E-state index in [9.17, 15) is 0 Å². The van der Waals surface area contributed by atoms with Crippen LogP contribution in [0.15, 0.2) is 18.2 Å². The van der Waals surface area contributed by atoms with Crippen molar-refractivity contribution in [2.45, 2.75) is 0 Å². The summed E-state index contributed by atoms with van der Waals surface area (Å²) in [4.78, 5) is 0. The predicted molar refractivity (Wildman–Crippen MR) is 44.2 cm³/mol. The van der Waals surface area contributed by atoms with E-state index >= 15 is 0 Å². The van der Waals surface area contributed by atoms with Gasteiger partial charge in [0.25, 0.3) is 0 Å². The van der Waals surface area contributed by atoms with E-state index in [-0.39, 0.29) is 5.75 Å². The minimum absolute atomic E-state index is 0.203. The molecular formula is C8H11NO2. The predicted octanol–water partition coefficient (Wildman–Crippen LogP) is 1.44. The number of hydrogen-bond acceptors (Lipinski definition) is 3. The Hall–Kier alpha value is -1.38. The zero-order valence-corrected chi connectivity index (χ0v) is 6.59. The molecule has 0 heterocycles. The summed E-state index contributed by atoms with van der Waals surface area (Å²) in [6, 6.07) is 4.99. The summed E-state index contributed by atoms with van der Waals surface area (Å²) in [5.74, 6) is 0.850. The van der Waals surface area contributed by atoms with Gasteiger partial charge in [0.15, 0.2) is 0 Å². The van der Waals surface area contributed by atoms with E-state index in [1.165, 1.54) is 0 Å². The van der Waals surface area contributed by atoms with E-state index in [1.807, 2.05) is 0 Å². The molecule has 60 valence electrons. The van der Waals surface area contributed by atoms with E-state index < -0.39 is 0 Å². The Morgan fingerprint density at radius 3 is 2.64 bits per heavy atom. The molecule has 0 fully saturated rings. The topological polar surface area (TPSA) is 41.5 Å². The lowest BCUT2D eigenvalue weighted by Gasteiger charge is -2.04. The second-order valence-corrected chi connectivity index (χ2v) is 2.17. The van der Waals surface area contributed by atoms with Crippen LogP contribution in [0.5, 0.6) is 11.5 Å². The molecule has 0 atom stereocenters. The minimum atomic E-state index is 0.203. The zero-order chi connectivity index (χ0) is 8.27. The average molecular weight is 153 g/mol. The minimum Gasteiger partial charge on any atom is -0.508 e. The van der Waals surface area contributed by atoms with Crippen molar-refractivity contribution in [3.63, 3.8) is 0 Å². The molecule has 0 radical (unpaired) electrons. The SMILES string of the molecule is CNc1cc(O)cc(OC)c1. The number of nitrogens with one attached hydrogen (secondary N) is 1. The number of methoxy groups -OCH3 is 1. The lowest BCUT2D eigenvalue weighted by Crippen LogP contribution is -1.89. The number of rotatable bonds is 2. The van der Waals surface area contributed by atoms with Gasteiger partial charge in [-0.2, -0.15) is 0 Å². The normalized spacial score (nSPS) is 9.27. The van der Waals surface area contributed by atoms with Crippen LogP contribution < -0.4 is 10.1 Å². The smallest absolute Gasteiger partial charge is 0.124 e. The summed E-state index contributed by atoms with van der Waals surface area (Å²) < 4.78 is 4.94. The van der Waals surface area contributed by atoms with E-state index in [1.54, 1.807) is 32.4 Å². The summed E-state index contributed by atoms with van der Waals surface area (Å²) >= 11 is 0. The van der Waals surface area contributed by atoms with Crippen LogP contribution >= 0.6 is 0 Å². The highest BCUT2D eigenvalue weighted by atomic mass is 16.5. The van der Waals surface area contributed by atoms with Gasteiger partial charge in [0.1, 0.15) is 11.5 Å². The summed E-state index contributed by atoms with van der Waals surface area (Å²) in [7, 11) is 3.35. The van der Waals surface area contributed by atoms with Gasteiger partial charge in [0.2, 0.25) is 0 Å². The molecule has 0 aliphatic rings. The van der Waals surface area contributed by atoms with Crippen LogP contribution in [-0.2, 0) is 0 Å². The number of phenols is 1. The molecule has 3 heteroatoms. The highest BCUT2D eigenvalue weighted by Crippen LogP contribution is 2.24. The van der Waals surface area contributed by atoms with Crippen molar-refractivity contribution < 1.29 is 9.84 Å². The molecule has 0 saturated carbocycles. The van der Waals surface area contributed by atoms with Crippen LogP contribution in [0.3, 0.4) is 0 Å². The standard InChI is InChI=1S/C8H11NO2/c1-9-6-3-7(10)5-8(4-6)11-2/h3-5,9-10H,1-2H3. The molecule has 0 bridgehead atoms. The van der Waals surface area contributed by atoms with Crippen LogP contribution in [0.1, 0.15) is 0 Å². The summed E-state index contributed by atoms with van der Waals surface area (Å²) in [5.41, 5.74) is 0.835. The van der Waals surface area contributed by atoms with E-state index in [0.717, 1.165) is 5.69 Å². The number of phenolic OH excluding ortho intramolecular Hbond substituents is 1. The van der Waals surface area contributed by atoms with Crippen molar-refractivity contribution in [3.05, 3.63) is 18.2 Å². The van der Waals surface area contributed by atoms with E-state index in [4.69, 9.17) is 9.84 Å². The second kappa shape index (κ2) is 3.14. The maximum Gasteiger partial charge on any atom is 0.124 e. The Balaban J connectivity index is 3.02. The number of aromatic hydroxyl groups is 1. The lowest BCUT2D eigenvalue weighted by molar-refractivity contribution is 0.408. The average Bonchev–Trinajstić information content (AvgIpc) is 2.03. The fourth-order valence-corrected chi connectivity index (χ4v) is 0.846. The largest absolute Gasteiger partial charge is 0.508 e. The number of hydrogen-bond donors (Lipinski definition) is 2. The van der Waals surface area contributed by atoms with Crippen molar-refractivity contribution in [2.75, 3.05) is 19.5 Å². The number of anilines is 1. The first kappa shape index (κ1) is 7.72. The molecule has 3 nitrogen and oxygen atoms in total. The Morgan fingerprint density at radius 1 is 1.36 bits per heavy atom. The fourth-order valence-electron chi connectivity index (χ4n) is 0.846. The maximum absolute atomic E-state index is 9.14. The van der Waals surface area contributed by atoms with Crippen LogP contribution in [0.25, 0.3) is 0 Å². The highest BCUT2D eigenvalue weighted by Gasteiger charge is 1.96. The van der Waals surface area contributed by atoms with Gasteiger partial charge in [-0.05, 0) is 0 Å². The molecule has 0 amide bonds. The molecule has 0 aromatic heterocycles. The first-order chi connectivity index (χ1) is 5.26. The van der Waals surface area contributed by atoms with E-state index in [0.29, 0.717) is 5.75 Å². The molecule has 1 aromatic rings. The van der Waals surface area contributed by atoms with Gasteiger partial charge in [0, 0.05) is 30.9 Å². The lowest BCUT2D eigenvalue weighted by atomic mass is 10.3. The molecule has 1 aromatic carbocycles. The Morgan fingerprint density at radius 2 is 2.09 bits per heavy atom. The van der Waals surface area contributed by atoms with Crippen molar-refractivity contribution >= 4 is 5.69 Å². The molecule has 0 aliphatic heterocycles. The fraction of sp³-hybridized carbons (Fsp3) is 0.250. The molecule has 0 saturated heterocycles. The van der Waals surface area contributed by atoms with Gasteiger partial charge in [-0.15, -0.1) is 0 Å². The molecular weight excluding hydrogens is 142 g/mol. The molecule has 11 heavy (non-hydrogen) atoms. The van der Waals surface area contributed by atoms with Crippen molar-refractivity contribution in [1.29, 1.82) is 0 Å². The van der Waals surface area contributed by atoms with Crippen LogP contribution in [0.2, 0.25) is 0 Å². The van der Waals surface area contributed by atoms with Gasteiger partial charge in [-0.3, -0.25) is 0 Å². The Bertz CT molecular complexity index is 226. The second-order valence-electron chi connectivity index (χ2n) is 2.17. The van der Waals surface area contributed by atoms with Crippen LogP contribution in [-0.4, -0.2) is 19.3 Å². The third-order valence-electron chi connectivity index (χ3n) is 1.42. The quantitative estimate of drug-likeness (QED) is 0.675. The van der Waals surface area contributed by atoms with Crippen molar-refractivity contribution in [1.82, 2.24) is 0 Å². The maximum atomic E-state index is 9.14. The van der Waals surface area contributed by atoms with Gasteiger partial charge in [0.05, 0.1) is 7.11 Å². The molecule has 0 unspecified atom stereocenters. The van der Waals surface area contributed by atoms with Crippen molar-refractivity contribution in [2.24, 2.45) is 0 Å². The third kappa shape index (κ3) is 1.77. The highest BCUT2D eigenvalue weighted by molar-refractivity contribution is 5.52. The third-order valence-corrected chi connectivity index (χ3v) is 1.42. The first-order valence-corrected chi connectivity index (χ1v) is 3.32. The number of ether oxygens (including phenoxy) is 1. The summed E-state index contributed by atoms with van der Waals surface area (Å²) in [5, 5.41) is 12.0. The van der Waals surface area contributed by atoms with Crippen molar-refractivity contribution in [3.8, 4) is 11.5 Å². The first-order valence-electron chi connectivity index (χ1n) is 3.32. The summed E-state index contributed by atoms with van der Waals surface area (Å²) in [6.45, 7) is 0. The van der Waals surface area contributed by atoms with Crippen LogP contribution in [0, 0.1) is 0 Å². The monoisotopic (exact) mass is 153 g/mol. The Labute approximate surface area is 65.6 Å². The summed E-state index contributed by atoms with van der Waals surface area (Å²) in [6.07, 6.45) is 0. The number of benzene rings is 1.